The molecule has 3 N–H and O–H groups in total. The average molecular weight is 512 g/mol. The third-order valence-corrected chi connectivity index (χ3v) is 7.09. The Morgan fingerprint density at radius 2 is 1.60 bits per heavy atom. The molecule has 1 unspecified atom stereocenters. The number of primary amides is 1. The number of rotatable bonds is 9. The minimum atomic E-state index is -4.79. The average Bonchev–Trinajstić information content (AvgIpc) is 2.74. The Hall–Kier alpha value is -2.92. The summed E-state index contributed by atoms with van der Waals surface area (Å²) >= 11 is 0. The molecule has 3 rings (SSSR count). The highest BCUT2D eigenvalue weighted by Crippen LogP contribution is 2.42. The van der Waals surface area contributed by atoms with E-state index in [9.17, 15) is 31.2 Å². The molecule has 2 aromatic carbocycles. The van der Waals surface area contributed by atoms with Crippen LogP contribution in [0.4, 0.5) is 13.2 Å². The van der Waals surface area contributed by atoms with Crippen LogP contribution in [0, 0.1) is 5.92 Å². The van der Waals surface area contributed by atoms with Crippen molar-refractivity contribution in [2.45, 2.75) is 49.5 Å². The van der Waals surface area contributed by atoms with Crippen molar-refractivity contribution >= 4 is 21.7 Å². The number of alkyl halides is 3. The first-order chi connectivity index (χ1) is 16.2. The molecular weight excluding hydrogens is 483 g/mol. The minimum Gasteiger partial charge on any atom is -0.368 e. The topological polar surface area (TPSA) is 110 Å². The van der Waals surface area contributed by atoms with E-state index >= 15 is 0 Å². The Kier molecular flexibility index (Phi) is 7.61. The number of benzene rings is 2. The van der Waals surface area contributed by atoms with E-state index < -0.39 is 46.0 Å². The lowest BCUT2D eigenvalue weighted by Gasteiger charge is -2.45. The van der Waals surface area contributed by atoms with Gasteiger partial charge in [0.1, 0.15) is 12.1 Å². The van der Waals surface area contributed by atoms with E-state index in [-0.39, 0.29) is 29.3 Å². The van der Waals surface area contributed by atoms with Crippen LogP contribution in [0.25, 0.3) is 11.1 Å². The van der Waals surface area contributed by atoms with Crippen LogP contribution in [-0.2, 0) is 19.4 Å². The zero-order valence-corrected chi connectivity index (χ0v) is 20.4. The number of carbonyl (C=O) groups is 2. The van der Waals surface area contributed by atoms with Crippen LogP contribution in [0.5, 0.6) is 0 Å². The number of hydrogen-bond acceptors (Lipinski definition) is 5. The predicted molar refractivity (Wildman–Crippen MR) is 125 cm³/mol. The van der Waals surface area contributed by atoms with Crippen molar-refractivity contribution in [3.63, 3.8) is 0 Å². The van der Waals surface area contributed by atoms with Gasteiger partial charge in [0.2, 0.25) is 11.8 Å². The standard InChI is InChI=1S/C24H28F3N3O4S/c1-14(2)12-19(22(28)31)30(20-13-29-23(20)32)21(24(25,26)27)17-6-4-15(5-7-17)16-8-10-18(11-9-16)35(3,33)34/h4-11,14,19-21H,12-13H2,1-3H3,(H2,28,31)(H,29,32)/t19-,20?,21-/m0/s1. The van der Waals surface area contributed by atoms with Gasteiger partial charge in [-0.15, -0.1) is 0 Å². The molecule has 11 heteroatoms. The van der Waals surface area contributed by atoms with E-state index in [1.807, 2.05) is 0 Å². The molecule has 7 nitrogen and oxygen atoms in total. The number of nitrogens with zero attached hydrogens (tertiary/aromatic N) is 1. The minimum absolute atomic E-state index is 0.0158. The highest BCUT2D eigenvalue weighted by atomic mass is 32.2. The smallest absolute Gasteiger partial charge is 0.368 e. The second-order valence-corrected chi connectivity index (χ2v) is 11.1. The molecule has 1 fully saturated rings. The molecule has 0 aliphatic carbocycles. The maximum absolute atomic E-state index is 14.5. The maximum Gasteiger partial charge on any atom is 0.408 e. The van der Waals surface area contributed by atoms with Crippen molar-refractivity contribution in [2.24, 2.45) is 11.7 Å². The Morgan fingerprint density at radius 3 is 1.94 bits per heavy atom. The molecule has 0 aromatic heterocycles. The number of β-lactam (4-membered cyclic amide) rings is 1. The van der Waals surface area contributed by atoms with Crippen molar-refractivity contribution < 1.29 is 31.2 Å². The van der Waals surface area contributed by atoms with Crippen molar-refractivity contribution in [3.8, 4) is 11.1 Å². The number of hydrogen-bond donors (Lipinski definition) is 2. The molecule has 0 spiro atoms. The largest absolute Gasteiger partial charge is 0.408 e. The Labute approximate surface area is 202 Å². The quantitative estimate of drug-likeness (QED) is 0.503. The molecule has 1 heterocycles. The van der Waals surface area contributed by atoms with Crippen LogP contribution in [-0.4, -0.2) is 56.2 Å². The molecule has 1 aliphatic heterocycles. The van der Waals surface area contributed by atoms with Gasteiger partial charge in [-0.25, -0.2) is 8.42 Å². The number of nitrogens with one attached hydrogen (secondary N) is 1. The van der Waals surface area contributed by atoms with Gasteiger partial charge < -0.3 is 11.1 Å². The van der Waals surface area contributed by atoms with E-state index in [0.29, 0.717) is 11.1 Å². The Bertz CT molecular complexity index is 1180. The van der Waals surface area contributed by atoms with E-state index in [4.69, 9.17) is 5.73 Å². The summed E-state index contributed by atoms with van der Waals surface area (Å²) in [6.07, 6.45) is -3.64. The molecule has 1 saturated heterocycles. The molecule has 0 bridgehead atoms. The number of halogens is 3. The third kappa shape index (κ3) is 6.02. The van der Waals surface area contributed by atoms with Gasteiger partial charge in [0.25, 0.3) is 0 Å². The van der Waals surface area contributed by atoms with Crippen LogP contribution < -0.4 is 11.1 Å². The van der Waals surface area contributed by atoms with Gasteiger partial charge >= 0.3 is 6.18 Å². The van der Waals surface area contributed by atoms with Gasteiger partial charge in [-0.05, 0) is 41.2 Å². The van der Waals surface area contributed by atoms with Crippen molar-refractivity contribution in [3.05, 3.63) is 54.1 Å². The molecule has 0 saturated carbocycles. The summed E-state index contributed by atoms with van der Waals surface area (Å²) in [7, 11) is -3.38. The summed E-state index contributed by atoms with van der Waals surface area (Å²) < 4.78 is 66.7. The van der Waals surface area contributed by atoms with E-state index in [2.05, 4.69) is 5.32 Å². The summed E-state index contributed by atoms with van der Waals surface area (Å²) in [4.78, 5) is 25.5. The molecule has 0 radical (unpaired) electrons. The Morgan fingerprint density at radius 1 is 1.09 bits per heavy atom. The lowest BCUT2D eigenvalue weighted by atomic mass is 9.92. The molecular formula is C24H28F3N3O4S. The van der Waals surface area contributed by atoms with Gasteiger partial charge in [0.05, 0.1) is 10.9 Å². The molecule has 3 atom stereocenters. The maximum atomic E-state index is 14.5. The first-order valence-corrected chi connectivity index (χ1v) is 12.9. The summed E-state index contributed by atoms with van der Waals surface area (Å²) in [5.74, 6) is -1.64. The van der Waals surface area contributed by atoms with Crippen molar-refractivity contribution in [2.75, 3.05) is 12.8 Å². The summed E-state index contributed by atoms with van der Waals surface area (Å²) in [6.45, 7) is 3.51. The fourth-order valence-corrected chi connectivity index (χ4v) is 4.84. The van der Waals surface area contributed by atoms with E-state index in [0.717, 1.165) is 11.2 Å². The summed E-state index contributed by atoms with van der Waals surface area (Å²) in [6, 6.07) is 6.93. The first kappa shape index (κ1) is 26.7. The van der Waals surface area contributed by atoms with E-state index in [1.165, 1.54) is 36.4 Å². The van der Waals surface area contributed by atoms with Crippen LogP contribution >= 0.6 is 0 Å². The van der Waals surface area contributed by atoms with Gasteiger partial charge in [0, 0.05) is 12.8 Å². The zero-order chi connectivity index (χ0) is 26.1. The normalized spacial score (nSPS) is 18.2. The van der Waals surface area contributed by atoms with Crippen molar-refractivity contribution in [1.82, 2.24) is 10.2 Å². The molecule has 35 heavy (non-hydrogen) atoms. The number of carbonyl (C=O) groups excluding carboxylic acids is 2. The monoisotopic (exact) mass is 511 g/mol. The highest BCUT2D eigenvalue weighted by Gasteiger charge is 2.53. The summed E-state index contributed by atoms with van der Waals surface area (Å²) in [5.41, 5.74) is 6.59. The van der Waals surface area contributed by atoms with Crippen LogP contribution in [0.15, 0.2) is 53.4 Å². The van der Waals surface area contributed by atoms with Crippen molar-refractivity contribution in [1.29, 1.82) is 0 Å². The molecule has 1 aliphatic rings. The number of nitrogens with two attached hydrogens (primary N) is 1. The van der Waals surface area contributed by atoms with Gasteiger partial charge in [-0.3, -0.25) is 14.5 Å². The van der Waals surface area contributed by atoms with Gasteiger partial charge in [-0.2, -0.15) is 13.2 Å². The fraction of sp³-hybridized carbons (Fsp3) is 0.417. The number of sulfone groups is 1. The lowest BCUT2D eigenvalue weighted by molar-refractivity contribution is -0.204. The van der Waals surface area contributed by atoms with Crippen LogP contribution in [0.2, 0.25) is 0 Å². The molecule has 2 amide bonds. The SMILES string of the molecule is CC(C)C[C@@H](C(N)=O)N(C1CNC1=O)[C@@H](c1ccc(-c2ccc(S(C)(=O)=O)cc2)cc1)C(F)(F)F. The molecule has 190 valence electrons. The Balaban J connectivity index is 2.03. The first-order valence-electron chi connectivity index (χ1n) is 11.0. The van der Waals surface area contributed by atoms with Gasteiger partial charge in [0.15, 0.2) is 9.84 Å². The van der Waals surface area contributed by atoms with Crippen LogP contribution in [0.3, 0.4) is 0 Å². The predicted octanol–water partition coefficient (Wildman–Crippen LogP) is 3.06. The summed E-state index contributed by atoms with van der Waals surface area (Å²) in [5, 5.41) is 2.45. The van der Waals surface area contributed by atoms with Gasteiger partial charge in [-0.1, -0.05) is 50.2 Å². The second-order valence-electron chi connectivity index (χ2n) is 9.12. The highest BCUT2D eigenvalue weighted by molar-refractivity contribution is 7.90. The van der Waals surface area contributed by atoms with E-state index in [1.54, 1.807) is 26.0 Å². The zero-order valence-electron chi connectivity index (χ0n) is 19.5. The fourth-order valence-electron chi connectivity index (χ4n) is 4.21. The third-order valence-electron chi connectivity index (χ3n) is 5.97. The lowest BCUT2D eigenvalue weighted by Crippen LogP contribution is -2.67. The number of amides is 2. The van der Waals surface area contributed by atoms with Crippen LogP contribution in [0.1, 0.15) is 31.9 Å². The second kappa shape index (κ2) is 9.98. The molecule has 2 aromatic rings.